The predicted octanol–water partition coefficient (Wildman–Crippen LogP) is 4.66. The van der Waals surface area contributed by atoms with Crippen molar-refractivity contribution in [3.05, 3.63) is 60.2 Å². The molecule has 0 saturated heterocycles. The summed E-state index contributed by atoms with van der Waals surface area (Å²) in [6.45, 7) is 6.40. The Kier molecular flexibility index (Phi) is 8.58. The molecule has 6 heteroatoms. The van der Waals surface area contributed by atoms with E-state index in [1.54, 1.807) is 24.3 Å². The topological polar surface area (TPSA) is 63.2 Å². The quantitative estimate of drug-likeness (QED) is 0.569. The Hall–Kier alpha value is -1.79. The van der Waals surface area contributed by atoms with Gasteiger partial charge in [0.05, 0.1) is 15.9 Å². The van der Waals surface area contributed by atoms with Crippen molar-refractivity contribution in [1.82, 2.24) is 5.32 Å². The predicted molar refractivity (Wildman–Crippen MR) is 117 cm³/mol. The van der Waals surface area contributed by atoms with Crippen molar-refractivity contribution >= 4 is 27.5 Å². The number of carbonyl (C=O) groups excluding carboxylic acids is 1. The molecule has 0 radical (unpaired) electrons. The molecule has 1 amide bonds. The summed E-state index contributed by atoms with van der Waals surface area (Å²) < 4.78 is 24.9. The van der Waals surface area contributed by atoms with Gasteiger partial charge in [0, 0.05) is 11.4 Å². The van der Waals surface area contributed by atoms with Crippen molar-refractivity contribution in [2.75, 3.05) is 12.3 Å². The molecule has 0 heterocycles. The lowest BCUT2D eigenvalue weighted by Crippen LogP contribution is -2.32. The molecule has 2 atom stereocenters. The van der Waals surface area contributed by atoms with Crippen LogP contribution in [0.4, 0.5) is 0 Å². The molecule has 0 fully saturated rings. The molecule has 0 spiro atoms. The molecule has 2 aromatic carbocycles. The van der Waals surface area contributed by atoms with Crippen LogP contribution in [0.5, 0.6) is 0 Å². The van der Waals surface area contributed by atoms with Crippen LogP contribution >= 0.6 is 11.8 Å². The largest absolute Gasteiger partial charge is 0.355 e. The van der Waals surface area contributed by atoms with Gasteiger partial charge in [-0.05, 0) is 43.4 Å². The minimum atomic E-state index is -3.32. The molecule has 2 aromatic rings. The third kappa shape index (κ3) is 6.38. The Morgan fingerprint density at radius 3 is 2.36 bits per heavy atom. The van der Waals surface area contributed by atoms with Crippen LogP contribution in [-0.2, 0) is 14.6 Å². The number of sulfone groups is 1. The van der Waals surface area contributed by atoms with Gasteiger partial charge in [0.25, 0.3) is 0 Å². The highest BCUT2D eigenvalue weighted by molar-refractivity contribution is 8.01. The number of rotatable bonds is 10. The molecule has 0 aliphatic carbocycles. The van der Waals surface area contributed by atoms with E-state index in [0.717, 1.165) is 6.42 Å². The van der Waals surface area contributed by atoms with Crippen molar-refractivity contribution < 1.29 is 13.2 Å². The zero-order valence-electron chi connectivity index (χ0n) is 16.7. The summed E-state index contributed by atoms with van der Waals surface area (Å²) in [5.41, 5.74) is 1.26. The second kappa shape index (κ2) is 10.7. The van der Waals surface area contributed by atoms with Gasteiger partial charge in [0.15, 0.2) is 9.84 Å². The average molecular weight is 420 g/mol. The first-order valence-electron chi connectivity index (χ1n) is 9.66. The lowest BCUT2D eigenvalue weighted by atomic mass is 9.98. The minimum absolute atomic E-state index is 0.0760. The highest BCUT2D eigenvalue weighted by atomic mass is 32.2. The van der Waals surface area contributed by atoms with E-state index in [-0.39, 0.29) is 16.9 Å². The van der Waals surface area contributed by atoms with Crippen LogP contribution < -0.4 is 5.32 Å². The Bertz CT molecular complexity index is 866. The van der Waals surface area contributed by atoms with Crippen LogP contribution in [0, 0.1) is 0 Å². The van der Waals surface area contributed by atoms with Crippen LogP contribution in [0.25, 0.3) is 0 Å². The van der Waals surface area contributed by atoms with Crippen molar-refractivity contribution in [2.24, 2.45) is 0 Å². The molecule has 4 nitrogen and oxygen atoms in total. The maximum atomic E-state index is 12.5. The third-order valence-corrected chi connectivity index (χ3v) is 7.85. The van der Waals surface area contributed by atoms with Gasteiger partial charge in [-0.3, -0.25) is 4.79 Å². The van der Waals surface area contributed by atoms with Gasteiger partial charge >= 0.3 is 0 Å². The standard InChI is InChI=1S/C22H29NO3S2/c1-4-16-28(25,26)21-13-9-8-12-20(21)27-18(3)22(24)23-15-14-17(2)19-10-6-5-7-11-19/h5-13,17-18H,4,14-16H2,1-3H3,(H,23,24). The van der Waals surface area contributed by atoms with Crippen LogP contribution in [0.1, 0.15) is 45.1 Å². The van der Waals surface area contributed by atoms with E-state index >= 15 is 0 Å². The summed E-state index contributed by atoms with van der Waals surface area (Å²) in [7, 11) is -3.32. The molecule has 0 bridgehead atoms. The van der Waals surface area contributed by atoms with Gasteiger partial charge in [0.1, 0.15) is 0 Å². The number of hydrogen-bond acceptors (Lipinski definition) is 4. The molecule has 0 aliphatic heterocycles. The number of carbonyl (C=O) groups is 1. The van der Waals surface area contributed by atoms with Crippen molar-refractivity contribution in [3.63, 3.8) is 0 Å². The number of thioether (sulfide) groups is 1. The summed E-state index contributed by atoms with van der Waals surface area (Å²) >= 11 is 1.30. The van der Waals surface area contributed by atoms with Crippen LogP contribution in [0.3, 0.4) is 0 Å². The number of amides is 1. The number of benzene rings is 2. The van der Waals surface area contributed by atoms with E-state index in [0.29, 0.717) is 28.7 Å². The molecule has 2 rings (SSSR count). The van der Waals surface area contributed by atoms with Gasteiger partial charge < -0.3 is 5.32 Å². The average Bonchev–Trinajstić information content (AvgIpc) is 2.68. The maximum absolute atomic E-state index is 12.5. The summed E-state index contributed by atoms with van der Waals surface area (Å²) in [5, 5.41) is 2.61. The van der Waals surface area contributed by atoms with Crippen LogP contribution in [0.15, 0.2) is 64.4 Å². The van der Waals surface area contributed by atoms with Gasteiger partial charge in [-0.2, -0.15) is 0 Å². The Morgan fingerprint density at radius 2 is 1.68 bits per heavy atom. The lowest BCUT2D eigenvalue weighted by molar-refractivity contribution is -0.120. The first-order valence-corrected chi connectivity index (χ1v) is 12.2. The summed E-state index contributed by atoms with van der Waals surface area (Å²) in [5.74, 6) is 0.403. The van der Waals surface area contributed by atoms with Crippen LogP contribution in [-0.4, -0.2) is 31.9 Å². The second-order valence-electron chi connectivity index (χ2n) is 6.92. The van der Waals surface area contributed by atoms with E-state index in [1.807, 2.05) is 32.0 Å². The van der Waals surface area contributed by atoms with Crippen molar-refractivity contribution in [2.45, 2.75) is 54.6 Å². The fraction of sp³-hybridized carbons (Fsp3) is 0.409. The summed E-state index contributed by atoms with van der Waals surface area (Å²) in [6.07, 6.45) is 1.42. The zero-order chi connectivity index (χ0) is 20.6. The molecule has 1 N–H and O–H groups in total. The maximum Gasteiger partial charge on any atom is 0.233 e. The van der Waals surface area contributed by atoms with Gasteiger partial charge in [-0.15, -0.1) is 11.8 Å². The molecule has 0 aliphatic rings. The Labute approximate surface area is 173 Å². The normalized spacial score (nSPS) is 13.7. The van der Waals surface area contributed by atoms with Gasteiger partial charge in [0.2, 0.25) is 5.91 Å². The number of hydrogen-bond donors (Lipinski definition) is 1. The monoisotopic (exact) mass is 419 g/mol. The van der Waals surface area contributed by atoms with Crippen molar-refractivity contribution in [1.29, 1.82) is 0 Å². The van der Waals surface area contributed by atoms with Gasteiger partial charge in [-0.25, -0.2) is 8.42 Å². The highest BCUT2D eigenvalue weighted by Crippen LogP contribution is 2.30. The smallest absolute Gasteiger partial charge is 0.233 e. The molecular weight excluding hydrogens is 390 g/mol. The first kappa shape index (κ1) is 22.5. The van der Waals surface area contributed by atoms with E-state index in [1.165, 1.54) is 17.3 Å². The lowest BCUT2D eigenvalue weighted by Gasteiger charge is -2.16. The van der Waals surface area contributed by atoms with E-state index in [9.17, 15) is 13.2 Å². The van der Waals surface area contributed by atoms with Crippen molar-refractivity contribution in [3.8, 4) is 0 Å². The Balaban J connectivity index is 1.93. The zero-order valence-corrected chi connectivity index (χ0v) is 18.4. The molecule has 0 aromatic heterocycles. The molecule has 2 unspecified atom stereocenters. The molecule has 152 valence electrons. The first-order chi connectivity index (χ1) is 13.3. The fourth-order valence-corrected chi connectivity index (χ4v) is 5.79. The van der Waals surface area contributed by atoms with Gasteiger partial charge in [-0.1, -0.05) is 56.3 Å². The van der Waals surface area contributed by atoms with Crippen LogP contribution in [0.2, 0.25) is 0 Å². The molecule has 28 heavy (non-hydrogen) atoms. The SMILES string of the molecule is CCCS(=O)(=O)c1ccccc1SC(C)C(=O)NCCC(C)c1ccccc1. The molecule has 0 saturated carbocycles. The van der Waals surface area contributed by atoms with E-state index in [2.05, 4.69) is 24.4 Å². The Morgan fingerprint density at radius 1 is 1.04 bits per heavy atom. The fourth-order valence-electron chi connectivity index (χ4n) is 2.93. The van der Waals surface area contributed by atoms with E-state index < -0.39 is 9.84 Å². The van der Waals surface area contributed by atoms with E-state index in [4.69, 9.17) is 0 Å². The third-order valence-electron chi connectivity index (χ3n) is 4.58. The highest BCUT2D eigenvalue weighted by Gasteiger charge is 2.21. The summed E-state index contributed by atoms with van der Waals surface area (Å²) in [6, 6.07) is 17.2. The summed E-state index contributed by atoms with van der Waals surface area (Å²) in [4.78, 5) is 13.4. The number of nitrogens with one attached hydrogen (secondary N) is 1. The minimum Gasteiger partial charge on any atom is -0.355 e. The second-order valence-corrected chi connectivity index (χ2v) is 10.4. The molecular formula is C22H29NO3S2.